The van der Waals surface area contributed by atoms with E-state index in [2.05, 4.69) is 58.7 Å². The molecule has 25 heavy (non-hydrogen) atoms. The van der Waals surface area contributed by atoms with Gasteiger partial charge in [-0.2, -0.15) is 0 Å². The molecule has 0 bridgehead atoms. The lowest BCUT2D eigenvalue weighted by Gasteiger charge is -2.28. The second kappa shape index (κ2) is 6.66. The molecule has 0 radical (unpaired) electrons. The molecule has 1 heterocycles. The minimum atomic E-state index is -0.337. The van der Waals surface area contributed by atoms with Crippen molar-refractivity contribution >= 4 is 5.69 Å². The van der Waals surface area contributed by atoms with Crippen molar-refractivity contribution in [1.29, 1.82) is 0 Å². The number of hydrazine groups is 1. The molecule has 0 aromatic heterocycles. The first-order chi connectivity index (χ1) is 12.3. The summed E-state index contributed by atoms with van der Waals surface area (Å²) >= 11 is 0. The van der Waals surface area contributed by atoms with E-state index in [1.807, 2.05) is 24.4 Å². The number of para-hydroxylation sites is 1. The number of hydrogen-bond donors (Lipinski definition) is 2. The van der Waals surface area contributed by atoms with E-state index in [0.29, 0.717) is 0 Å². The fraction of sp³-hybridized carbons (Fsp3) is 0.273. The lowest BCUT2D eigenvalue weighted by Crippen LogP contribution is -2.40. The van der Waals surface area contributed by atoms with Gasteiger partial charge in [-0.05, 0) is 25.0 Å². The molecule has 0 atom stereocenters. The zero-order chi connectivity index (χ0) is 17.1. The van der Waals surface area contributed by atoms with Crippen LogP contribution in [0, 0.1) is 11.8 Å². The van der Waals surface area contributed by atoms with Crippen molar-refractivity contribution in [3.05, 3.63) is 77.7 Å². The molecule has 3 N–H and O–H groups in total. The molecule has 126 valence electrons. The van der Waals surface area contributed by atoms with Crippen LogP contribution in [0.3, 0.4) is 0 Å². The fourth-order valence-electron chi connectivity index (χ4n) is 3.57. The molecule has 0 spiro atoms. The van der Waals surface area contributed by atoms with Gasteiger partial charge in [-0.3, -0.25) is 10.4 Å². The third-order valence-electron chi connectivity index (χ3n) is 4.96. The van der Waals surface area contributed by atoms with Gasteiger partial charge in [0.2, 0.25) is 0 Å². The Hall–Kier alpha value is -2.70. The molecule has 1 fully saturated rings. The normalized spacial score (nSPS) is 21.0. The Bertz CT molecular complexity index is 811. The predicted octanol–water partition coefficient (Wildman–Crippen LogP) is 3.94. The van der Waals surface area contributed by atoms with E-state index < -0.39 is 0 Å². The lowest BCUT2D eigenvalue weighted by molar-refractivity contribution is 0.370. The first-order valence-electron chi connectivity index (χ1n) is 8.98. The highest BCUT2D eigenvalue weighted by molar-refractivity contribution is 5.68. The number of rotatable bonds is 1. The Kier molecular flexibility index (Phi) is 4.21. The quantitative estimate of drug-likeness (QED) is 0.767. The molecular formula is C22H23N3. The van der Waals surface area contributed by atoms with Crippen LogP contribution in [0.2, 0.25) is 0 Å². The van der Waals surface area contributed by atoms with Crippen molar-refractivity contribution < 1.29 is 0 Å². The lowest BCUT2D eigenvalue weighted by atomic mass is 9.83. The SMILES string of the molecule is NC1(C#CC2=CNN(c3ccccc3)C2=C2C=CC=C2)CCCCC1. The van der Waals surface area contributed by atoms with Gasteiger partial charge in [-0.25, -0.2) is 0 Å². The number of nitrogens with two attached hydrogens (primary N) is 1. The molecule has 3 nitrogen and oxygen atoms in total. The van der Waals surface area contributed by atoms with E-state index in [-0.39, 0.29) is 5.54 Å². The van der Waals surface area contributed by atoms with Crippen LogP contribution < -0.4 is 16.2 Å². The maximum atomic E-state index is 6.50. The number of nitrogens with one attached hydrogen (secondary N) is 1. The van der Waals surface area contributed by atoms with Crippen LogP contribution in [-0.4, -0.2) is 5.54 Å². The third-order valence-corrected chi connectivity index (χ3v) is 4.96. The standard InChI is InChI=1S/C22H23N3/c23-22(14-7-2-8-15-22)16-13-19-17-24-25(20-11-3-1-4-12-20)21(19)18-9-5-6-10-18/h1,3-6,9-12,17,24H,2,7-8,14-15,23H2. The summed E-state index contributed by atoms with van der Waals surface area (Å²) in [5, 5.41) is 2.09. The summed E-state index contributed by atoms with van der Waals surface area (Å²) in [5.41, 5.74) is 13.8. The molecule has 2 aliphatic carbocycles. The van der Waals surface area contributed by atoms with E-state index in [0.717, 1.165) is 35.4 Å². The van der Waals surface area contributed by atoms with Crippen LogP contribution in [0.5, 0.6) is 0 Å². The highest BCUT2D eigenvalue weighted by Gasteiger charge is 2.27. The van der Waals surface area contributed by atoms with Gasteiger partial charge in [0.15, 0.2) is 0 Å². The zero-order valence-corrected chi connectivity index (χ0v) is 14.3. The molecule has 0 unspecified atom stereocenters. The van der Waals surface area contributed by atoms with E-state index in [9.17, 15) is 0 Å². The molecule has 3 aliphatic rings. The second-order valence-electron chi connectivity index (χ2n) is 6.85. The van der Waals surface area contributed by atoms with Gasteiger partial charge in [0.05, 0.1) is 22.5 Å². The molecule has 4 rings (SSSR count). The Labute approximate surface area is 149 Å². The number of nitrogens with zero attached hydrogens (tertiary/aromatic N) is 1. The monoisotopic (exact) mass is 329 g/mol. The first kappa shape index (κ1) is 15.8. The van der Waals surface area contributed by atoms with Crippen molar-refractivity contribution in [3.8, 4) is 11.8 Å². The Morgan fingerprint density at radius 2 is 1.72 bits per heavy atom. The summed E-state index contributed by atoms with van der Waals surface area (Å²) in [4.78, 5) is 0. The zero-order valence-electron chi connectivity index (χ0n) is 14.3. The van der Waals surface area contributed by atoms with Gasteiger partial charge in [-0.1, -0.05) is 73.6 Å². The van der Waals surface area contributed by atoms with Crippen LogP contribution in [0.15, 0.2) is 77.7 Å². The van der Waals surface area contributed by atoms with Gasteiger partial charge in [0, 0.05) is 11.8 Å². The van der Waals surface area contributed by atoms with Gasteiger partial charge >= 0.3 is 0 Å². The Balaban J connectivity index is 1.68. The van der Waals surface area contributed by atoms with Gasteiger partial charge in [0.1, 0.15) is 0 Å². The molecule has 1 aromatic carbocycles. The summed E-state index contributed by atoms with van der Waals surface area (Å²) in [7, 11) is 0. The van der Waals surface area contributed by atoms with E-state index in [4.69, 9.17) is 5.73 Å². The topological polar surface area (TPSA) is 41.3 Å². The molecule has 3 heteroatoms. The molecule has 1 aromatic rings. The first-order valence-corrected chi connectivity index (χ1v) is 8.98. The van der Waals surface area contributed by atoms with Crippen LogP contribution in [0.1, 0.15) is 32.1 Å². The third kappa shape index (κ3) is 3.26. The summed E-state index contributed by atoms with van der Waals surface area (Å²) in [6.45, 7) is 0. The van der Waals surface area contributed by atoms with Gasteiger partial charge in [-0.15, -0.1) is 0 Å². The van der Waals surface area contributed by atoms with Crippen molar-refractivity contribution in [2.24, 2.45) is 5.73 Å². The largest absolute Gasteiger partial charge is 0.315 e. The van der Waals surface area contributed by atoms with Crippen molar-refractivity contribution in [2.45, 2.75) is 37.6 Å². The van der Waals surface area contributed by atoms with E-state index in [1.54, 1.807) is 0 Å². The summed E-state index contributed by atoms with van der Waals surface area (Å²) in [6.07, 6.45) is 16.0. The average molecular weight is 329 g/mol. The van der Waals surface area contributed by atoms with Crippen molar-refractivity contribution in [3.63, 3.8) is 0 Å². The summed E-state index contributed by atoms with van der Waals surface area (Å²) in [5.74, 6) is 6.75. The number of benzene rings is 1. The second-order valence-corrected chi connectivity index (χ2v) is 6.85. The maximum Gasteiger partial charge on any atom is 0.0874 e. The molecule has 0 saturated heterocycles. The van der Waals surface area contributed by atoms with Crippen molar-refractivity contribution in [2.75, 3.05) is 5.01 Å². The van der Waals surface area contributed by atoms with Crippen molar-refractivity contribution in [1.82, 2.24) is 5.43 Å². The highest BCUT2D eigenvalue weighted by atomic mass is 15.5. The Morgan fingerprint density at radius 1 is 1.00 bits per heavy atom. The fourth-order valence-corrected chi connectivity index (χ4v) is 3.57. The molecular weight excluding hydrogens is 306 g/mol. The number of allylic oxidation sites excluding steroid dienone is 6. The number of hydrogen-bond acceptors (Lipinski definition) is 3. The number of anilines is 1. The smallest absolute Gasteiger partial charge is 0.0874 e. The van der Waals surface area contributed by atoms with Crippen LogP contribution in [0.4, 0.5) is 5.69 Å². The minimum Gasteiger partial charge on any atom is -0.315 e. The predicted molar refractivity (Wildman–Crippen MR) is 103 cm³/mol. The van der Waals surface area contributed by atoms with Crippen LogP contribution in [-0.2, 0) is 0 Å². The maximum absolute atomic E-state index is 6.50. The Morgan fingerprint density at radius 3 is 2.44 bits per heavy atom. The van der Waals surface area contributed by atoms with E-state index in [1.165, 1.54) is 19.3 Å². The minimum absolute atomic E-state index is 0.337. The van der Waals surface area contributed by atoms with E-state index >= 15 is 0 Å². The average Bonchev–Trinajstić information content (AvgIpc) is 3.31. The van der Waals surface area contributed by atoms with Gasteiger partial charge < -0.3 is 5.73 Å². The highest BCUT2D eigenvalue weighted by Crippen LogP contribution is 2.31. The van der Waals surface area contributed by atoms with Crippen LogP contribution >= 0.6 is 0 Å². The van der Waals surface area contributed by atoms with Crippen LogP contribution in [0.25, 0.3) is 0 Å². The summed E-state index contributed by atoms with van der Waals surface area (Å²) in [6, 6.07) is 10.3. The molecule has 1 aliphatic heterocycles. The molecule has 1 saturated carbocycles. The summed E-state index contributed by atoms with van der Waals surface area (Å²) < 4.78 is 0. The van der Waals surface area contributed by atoms with Gasteiger partial charge in [0.25, 0.3) is 0 Å². The molecule has 0 amide bonds.